The first kappa shape index (κ1) is 20.4. The van der Waals surface area contributed by atoms with E-state index >= 15 is 0 Å². The number of likely N-dealkylation sites (N-methyl/N-ethyl adjacent to an activating group) is 1. The molecule has 0 aliphatic carbocycles. The molecule has 26 heavy (non-hydrogen) atoms. The van der Waals surface area contributed by atoms with Gasteiger partial charge >= 0.3 is 0 Å². The molecule has 2 rings (SSSR count). The van der Waals surface area contributed by atoms with Crippen molar-refractivity contribution in [3.8, 4) is 5.75 Å². The minimum atomic E-state index is -3.33. The van der Waals surface area contributed by atoms with Crippen LogP contribution in [0, 0.1) is 0 Å². The molecule has 0 aliphatic heterocycles. The lowest BCUT2D eigenvalue weighted by Gasteiger charge is -2.25. The standard InChI is InChI=1S/C20H28N2O3S/c1-4-25-19-12-10-18(11-13-19)20(22(2)3)16-21-26(23,24)15-14-17-8-6-5-7-9-17/h5-13,20-21H,4,14-16H2,1-3H3. The van der Waals surface area contributed by atoms with Crippen LogP contribution < -0.4 is 9.46 Å². The van der Waals surface area contributed by atoms with Crippen LogP contribution in [-0.2, 0) is 16.4 Å². The van der Waals surface area contributed by atoms with Gasteiger partial charge in [-0.1, -0.05) is 42.5 Å². The maximum absolute atomic E-state index is 12.4. The van der Waals surface area contributed by atoms with E-state index in [9.17, 15) is 8.42 Å². The summed E-state index contributed by atoms with van der Waals surface area (Å²) in [6.45, 7) is 2.90. The molecule has 0 aliphatic rings. The first-order chi connectivity index (χ1) is 12.4. The molecule has 0 spiro atoms. The van der Waals surface area contributed by atoms with Gasteiger partial charge in [0.15, 0.2) is 0 Å². The third-order valence-electron chi connectivity index (χ3n) is 4.20. The Hall–Kier alpha value is -1.89. The minimum absolute atomic E-state index is 0.0443. The van der Waals surface area contributed by atoms with Crippen LogP contribution in [0.3, 0.4) is 0 Å². The molecule has 0 saturated heterocycles. The Balaban J connectivity index is 1.96. The molecule has 0 fully saturated rings. The van der Waals surface area contributed by atoms with Crippen molar-refractivity contribution < 1.29 is 13.2 Å². The summed E-state index contributed by atoms with van der Waals surface area (Å²) in [5.74, 6) is 0.901. The third-order valence-corrected chi connectivity index (χ3v) is 5.55. The Bertz CT molecular complexity index is 759. The van der Waals surface area contributed by atoms with Crippen LogP contribution >= 0.6 is 0 Å². The lowest BCUT2D eigenvalue weighted by atomic mass is 10.1. The van der Waals surface area contributed by atoms with Crippen molar-refractivity contribution in [2.75, 3.05) is 33.0 Å². The van der Waals surface area contributed by atoms with E-state index < -0.39 is 10.0 Å². The smallest absolute Gasteiger partial charge is 0.211 e. The Labute approximate surface area is 157 Å². The van der Waals surface area contributed by atoms with Crippen LogP contribution in [0.1, 0.15) is 24.1 Å². The van der Waals surface area contributed by atoms with E-state index in [1.54, 1.807) is 0 Å². The summed E-state index contributed by atoms with van der Waals surface area (Å²) in [7, 11) is 0.553. The van der Waals surface area contributed by atoms with E-state index in [1.807, 2.05) is 80.5 Å². The maximum atomic E-state index is 12.4. The zero-order valence-electron chi connectivity index (χ0n) is 15.7. The second-order valence-electron chi connectivity index (χ2n) is 6.38. The van der Waals surface area contributed by atoms with Gasteiger partial charge in [-0.2, -0.15) is 0 Å². The molecule has 0 heterocycles. The van der Waals surface area contributed by atoms with Gasteiger partial charge in [0, 0.05) is 12.6 Å². The molecule has 0 aromatic heterocycles. The fourth-order valence-corrected chi connectivity index (χ4v) is 3.79. The lowest BCUT2D eigenvalue weighted by Crippen LogP contribution is -2.36. The van der Waals surface area contributed by atoms with E-state index in [2.05, 4.69) is 4.72 Å². The Morgan fingerprint density at radius 2 is 1.69 bits per heavy atom. The van der Waals surface area contributed by atoms with Crippen LogP contribution in [0.25, 0.3) is 0 Å². The van der Waals surface area contributed by atoms with E-state index in [-0.39, 0.29) is 11.8 Å². The highest BCUT2D eigenvalue weighted by Crippen LogP contribution is 2.21. The quantitative estimate of drug-likeness (QED) is 0.693. The molecule has 5 nitrogen and oxygen atoms in total. The number of nitrogens with one attached hydrogen (secondary N) is 1. The van der Waals surface area contributed by atoms with Gasteiger partial charge in [0.05, 0.1) is 12.4 Å². The van der Waals surface area contributed by atoms with Gasteiger partial charge < -0.3 is 9.64 Å². The predicted molar refractivity (Wildman–Crippen MR) is 106 cm³/mol. The molecule has 0 bridgehead atoms. The number of sulfonamides is 1. The second kappa shape index (κ2) is 9.71. The molecule has 2 aromatic carbocycles. The first-order valence-electron chi connectivity index (χ1n) is 8.81. The van der Waals surface area contributed by atoms with Crippen molar-refractivity contribution in [2.45, 2.75) is 19.4 Å². The largest absolute Gasteiger partial charge is 0.494 e. The van der Waals surface area contributed by atoms with Gasteiger partial charge in [-0.3, -0.25) is 0 Å². The van der Waals surface area contributed by atoms with Gasteiger partial charge in [-0.25, -0.2) is 13.1 Å². The summed E-state index contributed by atoms with van der Waals surface area (Å²) >= 11 is 0. The van der Waals surface area contributed by atoms with Crippen molar-refractivity contribution >= 4 is 10.0 Å². The minimum Gasteiger partial charge on any atom is -0.494 e. The van der Waals surface area contributed by atoms with Crippen LogP contribution in [0.2, 0.25) is 0 Å². The maximum Gasteiger partial charge on any atom is 0.211 e. The zero-order chi connectivity index (χ0) is 19.0. The van der Waals surface area contributed by atoms with Gasteiger partial charge in [0.25, 0.3) is 0 Å². The third kappa shape index (κ3) is 6.44. The summed E-state index contributed by atoms with van der Waals surface area (Å²) in [6.07, 6.45) is 0.506. The molecule has 0 amide bonds. The molecule has 1 N–H and O–H groups in total. The van der Waals surface area contributed by atoms with E-state index in [1.165, 1.54) is 0 Å². The van der Waals surface area contributed by atoms with Crippen LogP contribution in [0.4, 0.5) is 0 Å². The molecule has 0 radical (unpaired) electrons. The number of aryl methyl sites for hydroxylation is 1. The fourth-order valence-electron chi connectivity index (χ4n) is 2.73. The molecule has 0 saturated carbocycles. The van der Waals surface area contributed by atoms with Crippen LogP contribution in [-0.4, -0.2) is 46.3 Å². The number of hydrogen-bond acceptors (Lipinski definition) is 4. The summed E-state index contributed by atoms with van der Waals surface area (Å²) in [5, 5.41) is 0. The number of ether oxygens (including phenoxy) is 1. The topological polar surface area (TPSA) is 58.6 Å². The number of rotatable bonds is 10. The average Bonchev–Trinajstić information content (AvgIpc) is 2.62. The molecule has 142 valence electrons. The second-order valence-corrected chi connectivity index (χ2v) is 8.31. The predicted octanol–water partition coefficient (Wildman–Crippen LogP) is 2.85. The van der Waals surface area contributed by atoms with Crippen molar-refractivity contribution in [1.29, 1.82) is 0 Å². The van der Waals surface area contributed by atoms with Gasteiger partial charge in [-0.15, -0.1) is 0 Å². The Morgan fingerprint density at radius 1 is 1.04 bits per heavy atom. The van der Waals surface area contributed by atoms with E-state index in [0.717, 1.165) is 16.9 Å². The lowest BCUT2D eigenvalue weighted by molar-refractivity contribution is 0.298. The first-order valence-corrected chi connectivity index (χ1v) is 10.5. The van der Waals surface area contributed by atoms with E-state index in [4.69, 9.17) is 4.74 Å². The normalized spacial score (nSPS) is 12.9. The Kier molecular flexibility index (Phi) is 7.63. The number of nitrogens with zero attached hydrogens (tertiary/aromatic N) is 1. The summed E-state index contributed by atoms with van der Waals surface area (Å²) in [5.41, 5.74) is 2.07. The van der Waals surface area contributed by atoms with Crippen molar-refractivity contribution in [1.82, 2.24) is 9.62 Å². The fraction of sp³-hybridized carbons (Fsp3) is 0.400. The highest BCUT2D eigenvalue weighted by atomic mass is 32.2. The molecular weight excluding hydrogens is 348 g/mol. The summed E-state index contributed by atoms with van der Waals surface area (Å²) < 4.78 is 32.9. The number of benzene rings is 2. The molecular formula is C20H28N2O3S. The summed E-state index contributed by atoms with van der Waals surface area (Å²) in [4.78, 5) is 2.01. The van der Waals surface area contributed by atoms with Crippen LogP contribution in [0.15, 0.2) is 54.6 Å². The van der Waals surface area contributed by atoms with Gasteiger partial charge in [0.1, 0.15) is 5.75 Å². The van der Waals surface area contributed by atoms with Gasteiger partial charge in [0.2, 0.25) is 10.0 Å². The highest BCUT2D eigenvalue weighted by molar-refractivity contribution is 7.89. The van der Waals surface area contributed by atoms with Crippen LogP contribution in [0.5, 0.6) is 5.75 Å². The number of hydrogen-bond donors (Lipinski definition) is 1. The highest BCUT2D eigenvalue weighted by Gasteiger charge is 2.18. The Morgan fingerprint density at radius 3 is 2.27 bits per heavy atom. The summed E-state index contributed by atoms with van der Waals surface area (Å²) in [6, 6.07) is 17.4. The van der Waals surface area contributed by atoms with Crippen molar-refractivity contribution in [3.63, 3.8) is 0 Å². The SMILES string of the molecule is CCOc1ccc(C(CNS(=O)(=O)CCc2ccccc2)N(C)C)cc1. The average molecular weight is 377 g/mol. The molecule has 6 heteroatoms. The molecule has 1 unspecified atom stereocenters. The monoisotopic (exact) mass is 376 g/mol. The van der Waals surface area contributed by atoms with Crippen molar-refractivity contribution in [3.05, 3.63) is 65.7 Å². The zero-order valence-corrected chi connectivity index (χ0v) is 16.5. The van der Waals surface area contributed by atoms with Crippen molar-refractivity contribution in [2.24, 2.45) is 0 Å². The molecule has 1 atom stereocenters. The molecule has 2 aromatic rings. The van der Waals surface area contributed by atoms with Gasteiger partial charge in [-0.05, 0) is 50.7 Å². The van der Waals surface area contributed by atoms with E-state index in [0.29, 0.717) is 19.6 Å².